The molecule has 0 saturated heterocycles. The monoisotopic (exact) mass is 341 g/mol. The van der Waals surface area contributed by atoms with Crippen molar-refractivity contribution in [2.24, 2.45) is 0 Å². The Bertz CT molecular complexity index is 678. The average molecular weight is 341 g/mol. The van der Waals surface area contributed by atoms with E-state index in [1.165, 1.54) is 0 Å². The average Bonchev–Trinajstić information content (AvgIpc) is 2.74. The Hall–Kier alpha value is -1.60. The molecule has 23 heavy (non-hydrogen) atoms. The van der Waals surface area contributed by atoms with Gasteiger partial charge in [0.15, 0.2) is 0 Å². The fourth-order valence-electron chi connectivity index (χ4n) is 2.78. The number of carbonyl (C=O) groups excluding carboxylic acids is 1. The number of alkyl carbamates (subject to hydrolysis) is 1. The van der Waals surface area contributed by atoms with Crippen molar-refractivity contribution >= 4 is 16.2 Å². The van der Waals surface area contributed by atoms with Crippen LogP contribution in [0.25, 0.3) is 0 Å². The van der Waals surface area contributed by atoms with Gasteiger partial charge in [-0.2, -0.15) is 8.42 Å². The van der Waals surface area contributed by atoms with E-state index < -0.39 is 21.8 Å². The third-order valence-corrected chi connectivity index (χ3v) is 5.00. The molecule has 1 aliphatic carbocycles. The van der Waals surface area contributed by atoms with Crippen LogP contribution in [-0.2, 0) is 25.5 Å². The summed E-state index contributed by atoms with van der Waals surface area (Å²) in [5.41, 5.74) is 1.35. The molecule has 1 aliphatic rings. The molecular weight excluding hydrogens is 318 g/mol. The van der Waals surface area contributed by atoms with Crippen LogP contribution < -0.4 is 5.32 Å². The lowest BCUT2D eigenvalue weighted by molar-refractivity contribution is 0.0500. The van der Waals surface area contributed by atoms with E-state index in [0.717, 1.165) is 18.2 Å². The topological polar surface area (TPSA) is 81.7 Å². The van der Waals surface area contributed by atoms with Crippen LogP contribution in [0.4, 0.5) is 4.79 Å². The largest absolute Gasteiger partial charge is 0.444 e. The fourth-order valence-corrected chi connectivity index (χ4v) is 3.77. The molecule has 2 rings (SSSR count). The fraction of sp³-hybridized carbons (Fsp3) is 0.562. The van der Waals surface area contributed by atoms with Crippen molar-refractivity contribution in [1.29, 1.82) is 0 Å². The van der Waals surface area contributed by atoms with E-state index in [-0.39, 0.29) is 17.7 Å². The van der Waals surface area contributed by atoms with Crippen LogP contribution in [0.3, 0.4) is 0 Å². The Labute approximate surface area is 137 Å². The van der Waals surface area contributed by atoms with Crippen molar-refractivity contribution < 1.29 is 22.1 Å². The lowest BCUT2D eigenvalue weighted by atomic mass is 10.0. The number of nitrogens with one attached hydrogen (secondary N) is 1. The predicted octanol–water partition coefficient (Wildman–Crippen LogP) is 2.20. The van der Waals surface area contributed by atoms with Gasteiger partial charge in [0.25, 0.3) is 10.1 Å². The third-order valence-electron chi connectivity index (χ3n) is 3.72. The second kappa shape index (κ2) is 6.49. The number of hydrogen-bond donors (Lipinski definition) is 1. The molecule has 0 heterocycles. The zero-order chi connectivity index (χ0) is 17.3. The maximum atomic E-state index is 12.0. The van der Waals surface area contributed by atoms with Crippen molar-refractivity contribution in [2.45, 2.75) is 44.8 Å². The molecule has 1 N–H and O–H groups in total. The predicted molar refractivity (Wildman–Crippen MR) is 86.8 cm³/mol. The van der Waals surface area contributed by atoms with Gasteiger partial charge in [-0.1, -0.05) is 24.3 Å². The van der Waals surface area contributed by atoms with E-state index in [9.17, 15) is 13.2 Å². The first kappa shape index (κ1) is 17.7. The second-order valence-electron chi connectivity index (χ2n) is 6.65. The maximum absolute atomic E-state index is 12.0. The van der Waals surface area contributed by atoms with Crippen LogP contribution in [-0.4, -0.2) is 39.0 Å². The summed E-state index contributed by atoms with van der Waals surface area (Å²) in [6.07, 6.45) is 0.0226. The summed E-state index contributed by atoms with van der Waals surface area (Å²) in [6.45, 7) is 5.34. The number of benzene rings is 1. The van der Waals surface area contributed by atoms with Crippen molar-refractivity contribution in [3.63, 3.8) is 0 Å². The lowest BCUT2D eigenvalue weighted by Crippen LogP contribution is -2.42. The smallest absolute Gasteiger partial charge is 0.407 e. The lowest BCUT2D eigenvalue weighted by Gasteiger charge is -2.25. The van der Waals surface area contributed by atoms with Crippen LogP contribution in [0.2, 0.25) is 0 Å². The van der Waals surface area contributed by atoms with Crippen LogP contribution >= 0.6 is 0 Å². The molecule has 0 saturated carbocycles. The zero-order valence-electron chi connectivity index (χ0n) is 13.8. The normalized spacial score (nSPS) is 20.9. The van der Waals surface area contributed by atoms with Gasteiger partial charge in [-0.05, 0) is 38.3 Å². The SMILES string of the molecule is COS(=O)(=O)C[C@@H]1c2ccccc2C[C@H]1NC(=O)OC(C)(C)C. The van der Waals surface area contributed by atoms with Gasteiger partial charge in [-0.25, -0.2) is 4.79 Å². The Balaban J connectivity index is 2.20. The number of carbonyl (C=O) groups is 1. The molecule has 2 atom stereocenters. The van der Waals surface area contributed by atoms with Crippen LogP contribution in [0, 0.1) is 0 Å². The summed E-state index contributed by atoms with van der Waals surface area (Å²) in [5.74, 6) is -0.537. The number of fused-ring (bicyclic) bond motifs is 1. The Morgan fingerprint density at radius 2 is 1.96 bits per heavy atom. The number of ether oxygens (including phenoxy) is 1. The van der Waals surface area contributed by atoms with Crippen molar-refractivity contribution in [3.8, 4) is 0 Å². The van der Waals surface area contributed by atoms with Gasteiger partial charge in [0.05, 0.1) is 12.9 Å². The van der Waals surface area contributed by atoms with Gasteiger partial charge in [0.1, 0.15) is 5.60 Å². The number of rotatable bonds is 4. The molecule has 128 valence electrons. The molecule has 0 aromatic heterocycles. The van der Waals surface area contributed by atoms with E-state index in [2.05, 4.69) is 9.50 Å². The molecule has 1 aromatic carbocycles. The summed E-state index contributed by atoms with van der Waals surface area (Å²) in [5, 5.41) is 2.80. The summed E-state index contributed by atoms with van der Waals surface area (Å²) in [7, 11) is -2.50. The number of hydrogen-bond acceptors (Lipinski definition) is 5. The van der Waals surface area contributed by atoms with Crippen LogP contribution in [0.5, 0.6) is 0 Å². The van der Waals surface area contributed by atoms with Gasteiger partial charge in [0, 0.05) is 12.0 Å². The Morgan fingerprint density at radius 3 is 2.57 bits per heavy atom. The molecule has 6 nitrogen and oxygen atoms in total. The van der Waals surface area contributed by atoms with Gasteiger partial charge in [-0.15, -0.1) is 0 Å². The highest BCUT2D eigenvalue weighted by Crippen LogP contribution is 2.34. The molecule has 1 aromatic rings. The zero-order valence-corrected chi connectivity index (χ0v) is 14.6. The van der Waals surface area contributed by atoms with E-state index in [4.69, 9.17) is 4.74 Å². The van der Waals surface area contributed by atoms with Gasteiger partial charge in [0.2, 0.25) is 0 Å². The Kier molecular flexibility index (Phi) is 5.01. The van der Waals surface area contributed by atoms with Gasteiger partial charge >= 0.3 is 6.09 Å². The van der Waals surface area contributed by atoms with E-state index in [1.54, 1.807) is 20.8 Å². The summed E-state index contributed by atoms with van der Waals surface area (Å²) >= 11 is 0. The van der Waals surface area contributed by atoms with Crippen molar-refractivity contribution in [1.82, 2.24) is 5.32 Å². The van der Waals surface area contributed by atoms with Crippen LogP contribution in [0.15, 0.2) is 24.3 Å². The third kappa shape index (κ3) is 4.68. The maximum Gasteiger partial charge on any atom is 0.407 e. The first-order valence-electron chi connectivity index (χ1n) is 7.47. The van der Waals surface area contributed by atoms with Crippen molar-refractivity contribution in [3.05, 3.63) is 35.4 Å². The minimum Gasteiger partial charge on any atom is -0.444 e. The molecule has 1 amide bonds. The van der Waals surface area contributed by atoms with E-state index >= 15 is 0 Å². The summed E-state index contributed by atoms with van der Waals surface area (Å²) < 4.78 is 33.6. The minimum atomic E-state index is -3.64. The Morgan fingerprint density at radius 1 is 1.30 bits per heavy atom. The number of amides is 1. The van der Waals surface area contributed by atoms with Crippen LogP contribution in [0.1, 0.15) is 37.8 Å². The molecule has 0 bridgehead atoms. The van der Waals surface area contributed by atoms with E-state index in [1.807, 2.05) is 24.3 Å². The van der Waals surface area contributed by atoms with E-state index in [0.29, 0.717) is 6.42 Å². The first-order chi connectivity index (χ1) is 10.6. The highest BCUT2D eigenvalue weighted by molar-refractivity contribution is 7.86. The highest BCUT2D eigenvalue weighted by atomic mass is 32.2. The van der Waals surface area contributed by atoms with Gasteiger partial charge < -0.3 is 10.1 Å². The molecule has 7 heteroatoms. The molecule has 0 unspecified atom stereocenters. The summed E-state index contributed by atoms with van der Waals surface area (Å²) in [4.78, 5) is 12.0. The first-order valence-corrected chi connectivity index (χ1v) is 9.04. The van der Waals surface area contributed by atoms with Gasteiger partial charge in [-0.3, -0.25) is 4.18 Å². The second-order valence-corrected chi connectivity index (χ2v) is 8.44. The standard InChI is InChI=1S/C16H23NO5S/c1-16(2,3)22-15(18)17-14-9-11-7-5-6-8-12(11)13(14)10-23(19,20)21-4/h5-8,13-14H,9-10H2,1-4H3,(H,17,18)/t13-,14-/m1/s1. The van der Waals surface area contributed by atoms with Crippen molar-refractivity contribution in [2.75, 3.05) is 12.9 Å². The molecule has 0 radical (unpaired) electrons. The molecular formula is C16H23NO5S. The quantitative estimate of drug-likeness (QED) is 0.849. The highest BCUT2D eigenvalue weighted by Gasteiger charge is 2.37. The molecule has 0 fully saturated rings. The molecule has 0 aliphatic heterocycles. The molecule has 0 spiro atoms. The minimum absolute atomic E-state index is 0.180. The summed E-state index contributed by atoms with van der Waals surface area (Å²) in [6, 6.07) is 7.25.